The first-order valence-corrected chi connectivity index (χ1v) is 5.71. The molecule has 5 nitrogen and oxygen atoms in total. The molecule has 0 aliphatic carbocycles. The highest BCUT2D eigenvalue weighted by atomic mass is 16.5. The zero-order valence-corrected chi connectivity index (χ0v) is 10.7. The van der Waals surface area contributed by atoms with Gasteiger partial charge in [0.05, 0.1) is 12.8 Å². The maximum Gasteiger partial charge on any atom is 0.339 e. The topological polar surface area (TPSA) is 71.5 Å². The van der Waals surface area contributed by atoms with Gasteiger partial charge in [-0.3, -0.25) is 4.98 Å². The molecule has 0 bridgehead atoms. The molecule has 1 aromatic heterocycles. The second-order valence-electron chi connectivity index (χ2n) is 4.03. The van der Waals surface area contributed by atoms with Crippen LogP contribution >= 0.6 is 0 Å². The Hall–Kier alpha value is -2.56. The number of aryl methyl sites for hydroxylation is 1. The smallest absolute Gasteiger partial charge is 0.339 e. The number of methoxy groups -OCH3 is 1. The molecule has 1 heterocycles. The van der Waals surface area contributed by atoms with E-state index in [1.807, 2.05) is 25.1 Å². The SMILES string of the molecule is COc1ccc(Nc2ccncc2C(=O)O)c(C)c1. The molecule has 0 saturated carbocycles. The van der Waals surface area contributed by atoms with Crippen LogP contribution in [-0.4, -0.2) is 23.2 Å². The number of carbonyl (C=O) groups is 1. The summed E-state index contributed by atoms with van der Waals surface area (Å²) in [6, 6.07) is 7.17. The van der Waals surface area contributed by atoms with E-state index in [4.69, 9.17) is 9.84 Å². The van der Waals surface area contributed by atoms with Crippen molar-refractivity contribution in [2.45, 2.75) is 6.92 Å². The van der Waals surface area contributed by atoms with Crippen molar-refractivity contribution in [1.29, 1.82) is 0 Å². The van der Waals surface area contributed by atoms with Crippen LogP contribution in [0, 0.1) is 6.92 Å². The zero-order chi connectivity index (χ0) is 13.8. The van der Waals surface area contributed by atoms with E-state index in [2.05, 4.69) is 10.3 Å². The van der Waals surface area contributed by atoms with Crippen molar-refractivity contribution >= 4 is 17.3 Å². The average Bonchev–Trinajstić information content (AvgIpc) is 2.41. The molecule has 2 aromatic rings. The third-order valence-corrected chi connectivity index (χ3v) is 2.75. The average molecular weight is 258 g/mol. The van der Waals surface area contributed by atoms with E-state index in [9.17, 15) is 4.79 Å². The van der Waals surface area contributed by atoms with Crippen molar-refractivity contribution in [3.63, 3.8) is 0 Å². The molecule has 0 radical (unpaired) electrons. The van der Waals surface area contributed by atoms with Crippen LogP contribution in [0.25, 0.3) is 0 Å². The predicted molar refractivity (Wildman–Crippen MR) is 72.2 cm³/mol. The fraction of sp³-hybridized carbons (Fsp3) is 0.143. The summed E-state index contributed by atoms with van der Waals surface area (Å²) in [6.07, 6.45) is 2.87. The molecule has 5 heteroatoms. The fourth-order valence-electron chi connectivity index (χ4n) is 1.72. The number of carboxylic acid groups (broad SMARTS) is 1. The van der Waals surface area contributed by atoms with Crippen LogP contribution in [0.1, 0.15) is 15.9 Å². The van der Waals surface area contributed by atoms with Crippen molar-refractivity contribution < 1.29 is 14.6 Å². The number of rotatable bonds is 4. The number of hydrogen-bond donors (Lipinski definition) is 2. The number of anilines is 2. The van der Waals surface area contributed by atoms with Gasteiger partial charge in [0.15, 0.2) is 0 Å². The van der Waals surface area contributed by atoms with Crippen molar-refractivity contribution in [3.05, 3.63) is 47.8 Å². The van der Waals surface area contributed by atoms with Crippen LogP contribution in [-0.2, 0) is 0 Å². The molecule has 0 saturated heterocycles. The van der Waals surface area contributed by atoms with E-state index < -0.39 is 5.97 Å². The van der Waals surface area contributed by atoms with Crippen LogP contribution in [0.3, 0.4) is 0 Å². The first kappa shape index (κ1) is 12.9. The number of pyridine rings is 1. The Morgan fingerprint density at radius 3 is 2.74 bits per heavy atom. The fourth-order valence-corrected chi connectivity index (χ4v) is 1.72. The molecule has 0 amide bonds. The highest BCUT2D eigenvalue weighted by Crippen LogP contribution is 2.26. The van der Waals surface area contributed by atoms with Gasteiger partial charge >= 0.3 is 5.97 Å². The molecule has 2 rings (SSSR count). The number of nitrogens with one attached hydrogen (secondary N) is 1. The van der Waals surface area contributed by atoms with E-state index in [0.717, 1.165) is 17.0 Å². The van der Waals surface area contributed by atoms with Gasteiger partial charge in [-0.1, -0.05) is 0 Å². The molecule has 0 aliphatic heterocycles. The van der Waals surface area contributed by atoms with Crippen LogP contribution in [0.15, 0.2) is 36.7 Å². The maximum atomic E-state index is 11.1. The van der Waals surface area contributed by atoms with Crippen LogP contribution in [0.4, 0.5) is 11.4 Å². The van der Waals surface area contributed by atoms with Gasteiger partial charge in [-0.15, -0.1) is 0 Å². The van der Waals surface area contributed by atoms with Gasteiger partial charge in [0.2, 0.25) is 0 Å². The Morgan fingerprint density at radius 1 is 1.32 bits per heavy atom. The summed E-state index contributed by atoms with van der Waals surface area (Å²) in [7, 11) is 1.60. The molecule has 0 atom stereocenters. The van der Waals surface area contributed by atoms with Gasteiger partial charge in [0.25, 0.3) is 0 Å². The van der Waals surface area contributed by atoms with Crippen molar-refractivity contribution in [3.8, 4) is 5.75 Å². The van der Waals surface area contributed by atoms with Crippen molar-refractivity contribution in [2.24, 2.45) is 0 Å². The standard InChI is InChI=1S/C14H14N2O3/c1-9-7-10(19-2)3-4-12(9)16-13-5-6-15-8-11(13)14(17)18/h3-8H,1-2H3,(H,15,16)(H,17,18). The van der Waals surface area contributed by atoms with E-state index in [1.165, 1.54) is 6.20 Å². The van der Waals surface area contributed by atoms with Crippen LogP contribution in [0.5, 0.6) is 5.75 Å². The molecule has 19 heavy (non-hydrogen) atoms. The first-order valence-electron chi connectivity index (χ1n) is 5.71. The van der Waals surface area contributed by atoms with E-state index in [1.54, 1.807) is 19.4 Å². The molecule has 2 N–H and O–H groups in total. The lowest BCUT2D eigenvalue weighted by molar-refractivity contribution is 0.0697. The first-order chi connectivity index (χ1) is 9.11. The van der Waals surface area contributed by atoms with Gasteiger partial charge in [-0.2, -0.15) is 0 Å². The third kappa shape index (κ3) is 2.82. The quantitative estimate of drug-likeness (QED) is 0.882. The highest BCUT2D eigenvalue weighted by molar-refractivity contribution is 5.94. The molecule has 0 unspecified atom stereocenters. The summed E-state index contributed by atoms with van der Waals surface area (Å²) in [5.41, 5.74) is 2.44. The minimum atomic E-state index is -1.01. The van der Waals surface area contributed by atoms with Gasteiger partial charge in [-0.05, 0) is 36.8 Å². The number of nitrogens with zero attached hydrogens (tertiary/aromatic N) is 1. The van der Waals surface area contributed by atoms with E-state index in [0.29, 0.717) is 5.69 Å². The molecule has 98 valence electrons. The number of ether oxygens (including phenoxy) is 1. The third-order valence-electron chi connectivity index (χ3n) is 2.75. The number of aromatic nitrogens is 1. The number of aromatic carboxylic acids is 1. The van der Waals surface area contributed by atoms with E-state index >= 15 is 0 Å². The van der Waals surface area contributed by atoms with Crippen LogP contribution in [0.2, 0.25) is 0 Å². The Kier molecular flexibility index (Phi) is 3.66. The molecular formula is C14H14N2O3. The molecular weight excluding hydrogens is 244 g/mol. The maximum absolute atomic E-state index is 11.1. The lowest BCUT2D eigenvalue weighted by atomic mass is 10.1. The summed E-state index contributed by atoms with van der Waals surface area (Å²) >= 11 is 0. The van der Waals surface area contributed by atoms with Crippen LogP contribution < -0.4 is 10.1 Å². The summed E-state index contributed by atoms with van der Waals surface area (Å²) in [5, 5.41) is 12.2. The molecule has 0 fully saturated rings. The monoisotopic (exact) mass is 258 g/mol. The normalized spacial score (nSPS) is 10.0. The number of hydrogen-bond acceptors (Lipinski definition) is 4. The Labute approximate surface area is 110 Å². The summed E-state index contributed by atoms with van der Waals surface area (Å²) in [6.45, 7) is 1.92. The lowest BCUT2D eigenvalue weighted by Gasteiger charge is -2.12. The highest BCUT2D eigenvalue weighted by Gasteiger charge is 2.10. The second-order valence-corrected chi connectivity index (χ2v) is 4.03. The Morgan fingerprint density at radius 2 is 2.11 bits per heavy atom. The van der Waals surface area contributed by atoms with Gasteiger partial charge < -0.3 is 15.2 Å². The molecule has 1 aromatic carbocycles. The van der Waals surface area contributed by atoms with Crippen molar-refractivity contribution in [1.82, 2.24) is 4.98 Å². The summed E-state index contributed by atoms with van der Waals surface area (Å²) in [5.74, 6) is -0.252. The van der Waals surface area contributed by atoms with E-state index in [-0.39, 0.29) is 5.56 Å². The molecule has 0 spiro atoms. The van der Waals surface area contributed by atoms with Gasteiger partial charge in [0, 0.05) is 18.1 Å². The lowest BCUT2D eigenvalue weighted by Crippen LogP contribution is -2.04. The predicted octanol–water partition coefficient (Wildman–Crippen LogP) is 2.84. The molecule has 0 aliphatic rings. The Balaban J connectivity index is 2.34. The largest absolute Gasteiger partial charge is 0.497 e. The zero-order valence-electron chi connectivity index (χ0n) is 10.7. The van der Waals surface area contributed by atoms with Gasteiger partial charge in [-0.25, -0.2) is 4.79 Å². The van der Waals surface area contributed by atoms with Crippen molar-refractivity contribution in [2.75, 3.05) is 12.4 Å². The number of carboxylic acids is 1. The Bertz CT molecular complexity index is 611. The minimum Gasteiger partial charge on any atom is -0.497 e. The summed E-state index contributed by atoms with van der Waals surface area (Å²) in [4.78, 5) is 14.9. The summed E-state index contributed by atoms with van der Waals surface area (Å²) < 4.78 is 5.13. The van der Waals surface area contributed by atoms with Gasteiger partial charge in [0.1, 0.15) is 11.3 Å². The minimum absolute atomic E-state index is 0.137. The number of benzene rings is 1. The second kappa shape index (κ2) is 5.39.